The Kier molecular flexibility index (Phi) is 8.71. The van der Waals surface area contributed by atoms with E-state index in [9.17, 15) is 19.1 Å². The number of nitrogens with zero attached hydrogens (tertiary/aromatic N) is 3. The maximum Gasteiger partial charge on any atom is 0.274 e. The summed E-state index contributed by atoms with van der Waals surface area (Å²) in [6, 6.07) is 15.5. The number of carbonyl (C=O) groups excluding carboxylic acids is 2. The SMILES string of the molecule is CC[C@H](O)CC(=O)/C=C/c1c(C(C)C)c(C(=O)N(C)Cc2ccccc2)nn1-c1ccc(F)cc1. The Hall–Kier alpha value is -3.58. The monoisotopic (exact) mass is 477 g/mol. The van der Waals surface area contributed by atoms with Gasteiger partial charge in [0.2, 0.25) is 0 Å². The molecule has 0 bridgehead atoms. The average molecular weight is 478 g/mol. The zero-order chi connectivity index (χ0) is 25.5. The van der Waals surface area contributed by atoms with Gasteiger partial charge < -0.3 is 10.0 Å². The van der Waals surface area contributed by atoms with Gasteiger partial charge in [-0.15, -0.1) is 0 Å². The third kappa shape index (κ3) is 6.51. The summed E-state index contributed by atoms with van der Waals surface area (Å²) in [5.41, 5.74) is 3.11. The molecule has 0 saturated heterocycles. The van der Waals surface area contributed by atoms with Crippen molar-refractivity contribution in [1.29, 1.82) is 0 Å². The molecule has 1 aromatic heterocycles. The Bertz CT molecular complexity index is 1180. The second-order valence-corrected chi connectivity index (χ2v) is 8.90. The zero-order valence-corrected chi connectivity index (χ0v) is 20.6. The van der Waals surface area contributed by atoms with Crippen LogP contribution in [0.15, 0.2) is 60.7 Å². The third-order valence-corrected chi connectivity index (χ3v) is 5.75. The van der Waals surface area contributed by atoms with Crippen LogP contribution in [-0.2, 0) is 11.3 Å². The lowest BCUT2D eigenvalue weighted by Gasteiger charge is -2.17. The molecular weight excluding hydrogens is 445 g/mol. The molecule has 6 nitrogen and oxygen atoms in total. The van der Waals surface area contributed by atoms with Crippen LogP contribution in [0.4, 0.5) is 4.39 Å². The normalized spacial score (nSPS) is 12.3. The summed E-state index contributed by atoms with van der Waals surface area (Å²) in [5, 5.41) is 14.5. The van der Waals surface area contributed by atoms with Crippen molar-refractivity contribution >= 4 is 17.8 Å². The number of aliphatic hydroxyl groups excluding tert-OH is 1. The molecule has 0 aliphatic rings. The van der Waals surface area contributed by atoms with E-state index >= 15 is 0 Å². The van der Waals surface area contributed by atoms with E-state index < -0.39 is 6.10 Å². The number of rotatable bonds is 10. The summed E-state index contributed by atoms with van der Waals surface area (Å²) < 4.78 is 15.2. The summed E-state index contributed by atoms with van der Waals surface area (Å²) in [6.45, 7) is 6.14. The first-order valence-electron chi connectivity index (χ1n) is 11.8. The lowest BCUT2D eigenvalue weighted by Crippen LogP contribution is -2.27. The number of halogens is 1. The molecule has 0 spiro atoms. The molecule has 0 aliphatic heterocycles. The second-order valence-electron chi connectivity index (χ2n) is 8.90. The summed E-state index contributed by atoms with van der Waals surface area (Å²) >= 11 is 0. The van der Waals surface area contributed by atoms with E-state index in [1.165, 1.54) is 18.2 Å². The molecule has 1 N–H and O–H groups in total. The van der Waals surface area contributed by atoms with Gasteiger partial charge in [0, 0.05) is 25.6 Å². The third-order valence-electron chi connectivity index (χ3n) is 5.75. The van der Waals surface area contributed by atoms with Gasteiger partial charge in [-0.3, -0.25) is 9.59 Å². The van der Waals surface area contributed by atoms with E-state index in [4.69, 9.17) is 0 Å². The van der Waals surface area contributed by atoms with Crippen molar-refractivity contribution in [3.8, 4) is 5.69 Å². The molecular formula is C28H32FN3O3. The number of amides is 1. The van der Waals surface area contributed by atoms with Gasteiger partial charge in [-0.1, -0.05) is 51.1 Å². The second kappa shape index (κ2) is 11.7. The van der Waals surface area contributed by atoms with Crippen molar-refractivity contribution in [2.75, 3.05) is 7.05 Å². The van der Waals surface area contributed by atoms with Crippen molar-refractivity contribution < 1.29 is 19.1 Å². The van der Waals surface area contributed by atoms with E-state index in [1.54, 1.807) is 34.8 Å². The van der Waals surface area contributed by atoms with Crippen LogP contribution in [-0.4, -0.2) is 44.6 Å². The van der Waals surface area contributed by atoms with E-state index in [0.717, 1.165) is 5.56 Å². The molecule has 3 rings (SSSR count). The van der Waals surface area contributed by atoms with Crippen molar-refractivity contribution in [2.45, 2.75) is 52.2 Å². The smallest absolute Gasteiger partial charge is 0.274 e. The van der Waals surface area contributed by atoms with Crippen molar-refractivity contribution in [1.82, 2.24) is 14.7 Å². The van der Waals surface area contributed by atoms with Gasteiger partial charge in [-0.05, 0) is 54.3 Å². The maximum absolute atomic E-state index is 13.6. The van der Waals surface area contributed by atoms with Gasteiger partial charge in [0.25, 0.3) is 5.91 Å². The first kappa shape index (κ1) is 26.0. The minimum Gasteiger partial charge on any atom is -0.393 e. The number of benzene rings is 2. The summed E-state index contributed by atoms with van der Waals surface area (Å²) in [4.78, 5) is 27.5. The number of aromatic nitrogens is 2. The topological polar surface area (TPSA) is 75.4 Å². The van der Waals surface area contributed by atoms with Crippen molar-refractivity contribution in [3.05, 3.63) is 89.0 Å². The zero-order valence-electron chi connectivity index (χ0n) is 20.6. The Labute approximate surface area is 205 Å². The van der Waals surface area contributed by atoms with Gasteiger partial charge in [-0.2, -0.15) is 5.10 Å². The molecule has 3 aromatic rings. The number of carbonyl (C=O) groups is 2. The predicted molar refractivity (Wildman–Crippen MR) is 135 cm³/mol. The van der Waals surface area contributed by atoms with E-state index in [-0.39, 0.29) is 35.5 Å². The van der Waals surface area contributed by atoms with Crippen molar-refractivity contribution in [2.24, 2.45) is 0 Å². The fourth-order valence-electron chi connectivity index (χ4n) is 3.84. The highest BCUT2D eigenvalue weighted by Crippen LogP contribution is 2.29. The largest absolute Gasteiger partial charge is 0.393 e. The molecule has 1 atom stereocenters. The van der Waals surface area contributed by atoms with Gasteiger partial charge in [0.1, 0.15) is 5.82 Å². The molecule has 35 heavy (non-hydrogen) atoms. The molecule has 0 radical (unpaired) electrons. The van der Waals surface area contributed by atoms with Crippen LogP contribution in [0.2, 0.25) is 0 Å². The highest BCUT2D eigenvalue weighted by Gasteiger charge is 2.27. The fourth-order valence-corrected chi connectivity index (χ4v) is 3.84. The maximum atomic E-state index is 13.6. The van der Waals surface area contributed by atoms with Crippen LogP contribution in [0.5, 0.6) is 0 Å². The number of allylic oxidation sites excluding steroid dienone is 1. The standard InChI is InChI=1S/C28H32FN3O3/c1-5-23(33)17-24(34)15-16-25-26(19(2)3)27(30-32(25)22-13-11-21(29)12-14-22)28(35)31(4)18-20-9-7-6-8-10-20/h6-16,19,23,33H,5,17-18H2,1-4H3/b16-15+/t23-/m0/s1. The summed E-state index contributed by atoms with van der Waals surface area (Å²) in [7, 11) is 1.72. The molecule has 0 unspecified atom stereocenters. The molecule has 1 amide bonds. The van der Waals surface area contributed by atoms with E-state index in [0.29, 0.717) is 29.9 Å². The minimum absolute atomic E-state index is 0.0142. The minimum atomic E-state index is -0.706. The van der Waals surface area contributed by atoms with Gasteiger partial charge >= 0.3 is 0 Å². The van der Waals surface area contributed by atoms with Gasteiger partial charge in [0.15, 0.2) is 11.5 Å². The summed E-state index contributed by atoms with van der Waals surface area (Å²) in [5.74, 6) is -0.940. The van der Waals surface area contributed by atoms with Crippen LogP contribution in [0.1, 0.15) is 66.8 Å². The lowest BCUT2D eigenvalue weighted by molar-refractivity contribution is -0.116. The number of ketones is 1. The molecule has 184 valence electrons. The Morgan fingerprint density at radius 2 is 1.77 bits per heavy atom. The van der Waals surface area contributed by atoms with Gasteiger partial charge in [-0.25, -0.2) is 9.07 Å². The van der Waals surface area contributed by atoms with Crippen LogP contribution < -0.4 is 0 Å². The van der Waals surface area contributed by atoms with E-state index in [2.05, 4.69) is 5.10 Å². The van der Waals surface area contributed by atoms with Crippen LogP contribution in [0, 0.1) is 5.82 Å². The fraction of sp³-hybridized carbons (Fsp3) is 0.321. The number of hydrogen-bond donors (Lipinski definition) is 1. The Balaban J connectivity index is 2.06. The Morgan fingerprint density at radius 1 is 1.11 bits per heavy atom. The molecule has 7 heteroatoms. The van der Waals surface area contributed by atoms with Gasteiger partial charge in [0.05, 0.1) is 17.5 Å². The first-order valence-corrected chi connectivity index (χ1v) is 11.8. The van der Waals surface area contributed by atoms with Crippen molar-refractivity contribution in [3.63, 3.8) is 0 Å². The molecule has 1 heterocycles. The van der Waals surface area contributed by atoms with E-state index in [1.807, 2.05) is 51.1 Å². The van der Waals surface area contributed by atoms with Crippen LogP contribution in [0.3, 0.4) is 0 Å². The number of aliphatic hydroxyl groups is 1. The molecule has 0 saturated carbocycles. The quantitative estimate of drug-likeness (QED) is 0.410. The summed E-state index contributed by atoms with van der Waals surface area (Å²) in [6.07, 6.45) is 2.83. The van der Waals surface area contributed by atoms with Crippen LogP contribution in [0.25, 0.3) is 11.8 Å². The first-order chi connectivity index (χ1) is 16.7. The Morgan fingerprint density at radius 3 is 2.37 bits per heavy atom. The molecule has 0 fully saturated rings. The lowest BCUT2D eigenvalue weighted by atomic mass is 9.98. The predicted octanol–water partition coefficient (Wildman–Crippen LogP) is 5.15. The van der Waals surface area contributed by atoms with Crippen LogP contribution >= 0.6 is 0 Å². The highest BCUT2D eigenvalue weighted by molar-refractivity contribution is 5.97. The average Bonchev–Trinajstić information content (AvgIpc) is 3.23. The molecule has 2 aromatic carbocycles. The molecule has 0 aliphatic carbocycles. The highest BCUT2D eigenvalue weighted by atomic mass is 19.1. The number of hydrogen-bond acceptors (Lipinski definition) is 4.